The molecule has 0 radical (unpaired) electrons. The first-order valence-corrected chi connectivity index (χ1v) is 7.86. The smallest absolute Gasteiger partial charge is 0.315 e. The van der Waals surface area contributed by atoms with Crippen LogP contribution in [-0.4, -0.2) is 31.1 Å². The van der Waals surface area contributed by atoms with Crippen molar-refractivity contribution < 1.29 is 14.3 Å². The van der Waals surface area contributed by atoms with Crippen molar-refractivity contribution >= 4 is 24.3 Å². The summed E-state index contributed by atoms with van der Waals surface area (Å²) in [5.41, 5.74) is 6.69. The van der Waals surface area contributed by atoms with Crippen LogP contribution in [0.4, 0.5) is 0 Å². The molecule has 23 heavy (non-hydrogen) atoms. The monoisotopic (exact) mass is 340 g/mol. The van der Waals surface area contributed by atoms with Gasteiger partial charge in [-0.25, -0.2) is 0 Å². The first-order valence-electron chi connectivity index (χ1n) is 7.86. The highest BCUT2D eigenvalue weighted by molar-refractivity contribution is 5.85. The molecule has 1 aromatic carbocycles. The van der Waals surface area contributed by atoms with E-state index in [4.69, 9.17) is 10.5 Å². The highest BCUT2D eigenvalue weighted by Gasteiger charge is 2.29. The van der Waals surface area contributed by atoms with Gasteiger partial charge in [-0.15, -0.1) is 12.4 Å². The van der Waals surface area contributed by atoms with Crippen molar-refractivity contribution in [2.24, 2.45) is 11.7 Å². The van der Waals surface area contributed by atoms with Crippen LogP contribution < -0.4 is 11.1 Å². The summed E-state index contributed by atoms with van der Waals surface area (Å²) in [6.07, 6.45) is 2.43. The van der Waals surface area contributed by atoms with Crippen LogP contribution in [0.1, 0.15) is 37.7 Å². The number of halogens is 1. The summed E-state index contributed by atoms with van der Waals surface area (Å²) in [7, 11) is 0. The molecular formula is C17H25ClN2O3. The van der Waals surface area contributed by atoms with Crippen LogP contribution in [0.3, 0.4) is 0 Å². The Morgan fingerprint density at radius 2 is 2.00 bits per heavy atom. The Hall–Kier alpha value is -1.59. The maximum atomic E-state index is 12.2. The molecule has 0 aliphatic heterocycles. The minimum atomic E-state index is -0.472. The molecule has 3 atom stereocenters. The Balaban J connectivity index is 0.00000264. The van der Waals surface area contributed by atoms with Gasteiger partial charge in [-0.1, -0.05) is 30.3 Å². The first kappa shape index (κ1) is 19.5. The maximum absolute atomic E-state index is 12.2. The van der Waals surface area contributed by atoms with Gasteiger partial charge in [0.05, 0.1) is 12.5 Å². The van der Waals surface area contributed by atoms with E-state index in [2.05, 4.69) is 5.32 Å². The Labute approximate surface area is 143 Å². The lowest BCUT2D eigenvalue weighted by Crippen LogP contribution is -2.36. The van der Waals surface area contributed by atoms with E-state index in [1.807, 2.05) is 30.3 Å². The second-order valence-corrected chi connectivity index (χ2v) is 5.73. The van der Waals surface area contributed by atoms with Gasteiger partial charge in [0.2, 0.25) is 5.91 Å². The molecule has 6 heteroatoms. The summed E-state index contributed by atoms with van der Waals surface area (Å²) in [5.74, 6) is -0.830. The Morgan fingerprint density at radius 3 is 2.57 bits per heavy atom. The number of ether oxygens (including phenoxy) is 1. The number of carbonyl (C=O) groups excluding carboxylic acids is 2. The number of benzene rings is 1. The summed E-state index contributed by atoms with van der Waals surface area (Å²) in [4.78, 5) is 24.3. The third kappa shape index (κ3) is 5.52. The van der Waals surface area contributed by atoms with Crippen molar-refractivity contribution in [2.45, 2.75) is 38.1 Å². The fraction of sp³-hybridized carbons (Fsp3) is 0.529. The summed E-state index contributed by atoms with van der Waals surface area (Å²) in [5, 5.41) is 2.89. The Bertz CT molecular complexity index is 510. The summed E-state index contributed by atoms with van der Waals surface area (Å²) in [6.45, 7) is 2.36. The maximum Gasteiger partial charge on any atom is 0.315 e. The number of hydrogen-bond donors (Lipinski definition) is 2. The molecular weight excluding hydrogens is 316 g/mol. The lowest BCUT2D eigenvalue weighted by atomic mass is 9.98. The van der Waals surface area contributed by atoms with E-state index in [9.17, 15) is 9.59 Å². The normalized spacial score (nSPS) is 21.1. The molecule has 3 N–H and O–H groups in total. The molecule has 3 unspecified atom stereocenters. The van der Waals surface area contributed by atoms with E-state index in [0.29, 0.717) is 6.61 Å². The van der Waals surface area contributed by atoms with Crippen LogP contribution in [0.25, 0.3) is 0 Å². The standard InChI is InChI=1S/C17H24N2O3.ClH/c1-2-22-17(21)15(12-6-4-3-5-7-12)11-19-16(20)13-8-9-14(18)10-13;/h3-7,13-15H,2,8-11,18H2,1H3,(H,19,20);1H. The van der Waals surface area contributed by atoms with Crippen LogP contribution in [0, 0.1) is 5.92 Å². The van der Waals surface area contributed by atoms with E-state index in [0.717, 1.165) is 24.8 Å². The van der Waals surface area contributed by atoms with Gasteiger partial charge in [-0.2, -0.15) is 0 Å². The third-order valence-electron chi connectivity index (χ3n) is 4.10. The van der Waals surface area contributed by atoms with E-state index in [1.54, 1.807) is 6.92 Å². The largest absolute Gasteiger partial charge is 0.465 e. The molecule has 1 aromatic rings. The van der Waals surface area contributed by atoms with E-state index < -0.39 is 5.92 Å². The molecule has 1 fully saturated rings. The molecule has 1 aliphatic carbocycles. The number of nitrogens with one attached hydrogen (secondary N) is 1. The van der Waals surface area contributed by atoms with Gasteiger partial charge in [-0.3, -0.25) is 9.59 Å². The van der Waals surface area contributed by atoms with Crippen LogP contribution in [0.2, 0.25) is 0 Å². The minimum absolute atomic E-state index is 0. The summed E-state index contributed by atoms with van der Waals surface area (Å²) >= 11 is 0. The predicted molar refractivity (Wildman–Crippen MR) is 91.4 cm³/mol. The van der Waals surface area contributed by atoms with Crippen molar-refractivity contribution in [2.75, 3.05) is 13.2 Å². The van der Waals surface area contributed by atoms with Gasteiger partial charge in [0.15, 0.2) is 0 Å². The Kier molecular flexibility index (Phi) is 8.06. The van der Waals surface area contributed by atoms with Gasteiger partial charge in [0.25, 0.3) is 0 Å². The molecule has 2 rings (SSSR count). The van der Waals surface area contributed by atoms with Gasteiger partial charge in [0, 0.05) is 18.5 Å². The molecule has 5 nitrogen and oxygen atoms in total. The fourth-order valence-corrected chi connectivity index (χ4v) is 2.87. The average molecular weight is 341 g/mol. The number of hydrogen-bond acceptors (Lipinski definition) is 4. The number of carbonyl (C=O) groups is 2. The van der Waals surface area contributed by atoms with Gasteiger partial charge < -0.3 is 15.8 Å². The molecule has 1 aliphatic rings. The van der Waals surface area contributed by atoms with E-state index in [-0.39, 0.29) is 42.8 Å². The second-order valence-electron chi connectivity index (χ2n) is 5.73. The van der Waals surface area contributed by atoms with E-state index in [1.165, 1.54) is 0 Å². The predicted octanol–water partition coefficient (Wildman–Crippen LogP) is 2.00. The van der Waals surface area contributed by atoms with Crippen molar-refractivity contribution in [3.63, 3.8) is 0 Å². The molecule has 1 amide bonds. The van der Waals surface area contributed by atoms with E-state index >= 15 is 0 Å². The third-order valence-corrected chi connectivity index (χ3v) is 4.10. The summed E-state index contributed by atoms with van der Waals surface area (Å²) < 4.78 is 5.12. The zero-order valence-electron chi connectivity index (χ0n) is 13.4. The molecule has 0 spiro atoms. The zero-order chi connectivity index (χ0) is 15.9. The molecule has 1 saturated carbocycles. The zero-order valence-corrected chi connectivity index (χ0v) is 14.2. The second kappa shape index (κ2) is 9.53. The lowest BCUT2D eigenvalue weighted by Gasteiger charge is -2.18. The van der Waals surface area contributed by atoms with Crippen molar-refractivity contribution in [3.8, 4) is 0 Å². The van der Waals surface area contributed by atoms with Crippen LogP contribution in [0.15, 0.2) is 30.3 Å². The Morgan fingerprint density at radius 1 is 1.30 bits per heavy atom. The molecule has 128 valence electrons. The molecule has 0 saturated heterocycles. The lowest BCUT2D eigenvalue weighted by molar-refractivity contribution is -0.144. The summed E-state index contributed by atoms with van der Waals surface area (Å²) in [6, 6.07) is 9.51. The van der Waals surface area contributed by atoms with Crippen molar-refractivity contribution in [1.29, 1.82) is 0 Å². The van der Waals surface area contributed by atoms with Gasteiger partial charge >= 0.3 is 5.97 Å². The topological polar surface area (TPSA) is 81.4 Å². The van der Waals surface area contributed by atoms with Crippen LogP contribution >= 0.6 is 12.4 Å². The van der Waals surface area contributed by atoms with Gasteiger partial charge in [0.1, 0.15) is 0 Å². The average Bonchev–Trinajstić information content (AvgIpc) is 2.95. The SMILES string of the molecule is CCOC(=O)C(CNC(=O)C1CCC(N)C1)c1ccccc1.Cl. The quantitative estimate of drug-likeness (QED) is 0.776. The molecule has 0 heterocycles. The highest BCUT2D eigenvalue weighted by Crippen LogP contribution is 2.24. The minimum Gasteiger partial charge on any atom is -0.465 e. The number of amides is 1. The highest BCUT2D eigenvalue weighted by atomic mass is 35.5. The molecule has 0 bridgehead atoms. The van der Waals surface area contributed by atoms with Crippen LogP contribution in [-0.2, 0) is 14.3 Å². The van der Waals surface area contributed by atoms with Crippen molar-refractivity contribution in [3.05, 3.63) is 35.9 Å². The fourth-order valence-electron chi connectivity index (χ4n) is 2.87. The number of nitrogens with two attached hydrogens (primary N) is 1. The van der Waals surface area contributed by atoms with Gasteiger partial charge in [-0.05, 0) is 31.7 Å². The first-order chi connectivity index (χ1) is 10.6. The molecule has 0 aromatic heterocycles. The van der Waals surface area contributed by atoms with Crippen LogP contribution in [0.5, 0.6) is 0 Å². The van der Waals surface area contributed by atoms with Crippen molar-refractivity contribution in [1.82, 2.24) is 5.32 Å². The number of rotatable bonds is 6. The number of esters is 1.